The topological polar surface area (TPSA) is 152 Å². The molecule has 3 fully saturated rings. The Morgan fingerprint density at radius 2 is 0.603 bits per heavy atom. The smallest absolute Gasteiger partial charge is 0.310 e. The van der Waals surface area contributed by atoms with Crippen molar-refractivity contribution in [3.8, 4) is 0 Å². The predicted octanol–water partition coefficient (Wildman–Crippen LogP) is 8.46. The molecule has 3 rings (SSSR count). The zero-order valence-corrected chi connectivity index (χ0v) is 41.1. The van der Waals surface area contributed by atoms with Gasteiger partial charge in [0.05, 0.1) is 24.7 Å². The van der Waals surface area contributed by atoms with Crippen molar-refractivity contribution in [3.05, 3.63) is 0 Å². The Morgan fingerprint density at radius 3 is 0.828 bits per heavy atom. The molecule has 3 heterocycles. The summed E-state index contributed by atoms with van der Waals surface area (Å²) < 4.78 is 19.7. The van der Waals surface area contributed by atoms with Crippen molar-refractivity contribution in [2.75, 3.05) is 0 Å². The second-order valence-electron chi connectivity index (χ2n) is 25.0. The van der Waals surface area contributed by atoms with Crippen LogP contribution in [-0.2, 0) is 33.4 Å². The number of carbonyl (C=O) groups excluding carboxylic acids is 3. The molecule has 0 aromatic carbocycles. The molecule has 3 aliphatic heterocycles. The molecule has 2 atom stereocenters. The lowest BCUT2D eigenvalue weighted by molar-refractivity contribution is -0.214. The highest BCUT2D eigenvalue weighted by Crippen LogP contribution is 2.57. The van der Waals surface area contributed by atoms with E-state index in [-0.39, 0.29) is 0 Å². The largest absolute Gasteiger partial charge is 0.481 e. The second-order valence-corrected chi connectivity index (χ2v) is 25.0. The number of ether oxygens (including phenoxy) is 3. The van der Waals surface area contributed by atoms with Crippen LogP contribution in [0.15, 0.2) is 0 Å². The molecule has 11 heteroatoms. The molecule has 0 aromatic heterocycles. The van der Waals surface area contributed by atoms with Crippen molar-refractivity contribution in [3.63, 3.8) is 0 Å². The number of carbonyl (C=O) groups is 4. The molecular formula is C47H85N3O8. The average molecular weight is 820 g/mol. The van der Waals surface area contributed by atoms with E-state index in [1.807, 2.05) is 55.4 Å². The maximum absolute atomic E-state index is 15.1. The van der Waals surface area contributed by atoms with Gasteiger partial charge in [-0.3, -0.25) is 19.2 Å². The molecule has 336 valence electrons. The van der Waals surface area contributed by atoms with Gasteiger partial charge < -0.3 is 35.3 Å². The Balaban J connectivity index is 2.23. The van der Waals surface area contributed by atoms with E-state index in [0.29, 0.717) is 0 Å². The SMILES string of the molecule is CC1(C)NC(C)(C)C(C)(C)C(OC(=O)CC(C(=O)OC2C(C)(C)C(C)(C)NC(C)(C)C2(C)C)C(CC(=O)O)C(=O)OC2C(C)(C)C(C)(C)NC(C)(C)C2(C)C)C1(C)C. The van der Waals surface area contributed by atoms with E-state index >= 15 is 4.79 Å². The van der Waals surface area contributed by atoms with Crippen LogP contribution >= 0.6 is 0 Å². The fourth-order valence-corrected chi connectivity index (χ4v) is 10.6. The summed E-state index contributed by atoms with van der Waals surface area (Å²) in [6, 6.07) is 0. The Kier molecular flexibility index (Phi) is 12.5. The van der Waals surface area contributed by atoms with Gasteiger partial charge in [0, 0.05) is 65.7 Å². The van der Waals surface area contributed by atoms with Crippen LogP contribution in [0.5, 0.6) is 0 Å². The highest BCUT2D eigenvalue weighted by molar-refractivity contribution is 5.88. The summed E-state index contributed by atoms with van der Waals surface area (Å²) in [4.78, 5) is 57.4. The molecule has 3 saturated heterocycles. The molecule has 0 spiro atoms. The highest BCUT2D eigenvalue weighted by atomic mass is 16.6. The number of nitrogens with one attached hydrogen (secondary N) is 3. The molecule has 0 bridgehead atoms. The van der Waals surface area contributed by atoms with Crippen LogP contribution in [0, 0.1) is 44.3 Å². The van der Waals surface area contributed by atoms with Gasteiger partial charge in [0.15, 0.2) is 0 Å². The van der Waals surface area contributed by atoms with Gasteiger partial charge in [0.25, 0.3) is 0 Å². The summed E-state index contributed by atoms with van der Waals surface area (Å²) in [5, 5.41) is 21.7. The molecule has 11 nitrogen and oxygen atoms in total. The summed E-state index contributed by atoms with van der Waals surface area (Å²) in [6.45, 7) is 49.4. The van der Waals surface area contributed by atoms with Crippen molar-refractivity contribution in [1.82, 2.24) is 16.0 Å². The first kappa shape index (κ1) is 50.1. The first-order valence-electron chi connectivity index (χ1n) is 21.5. The summed E-state index contributed by atoms with van der Waals surface area (Å²) in [5.41, 5.74) is -6.71. The molecule has 3 aliphatic rings. The first-order chi connectivity index (χ1) is 25.3. The van der Waals surface area contributed by atoms with Crippen LogP contribution in [0.4, 0.5) is 0 Å². The third-order valence-electron chi connectivity index (χ3n) is 18.1. The van der Waals surface area contributed by atoms with E-state index in [4.69, 9.17) is 14.2 Å². The molecule has 0 aromatic rings. The molecule has 0 amide bonds. The van der Waals surface area contributed by atoms with Crippen molar-refractivity contribution >= 4 is 23.9 Å². The van der Waals surface area contributed by atoms with Crippen molar-refractivity contribution in [2.24, 2.45) is 44.3 Å². The predicted molar refractivity (Wildman–Crippen MR) is 230 cm³/mol. The van der Waals surface area contributed by atoms with E-state index in [2.05, 4.69) is 127 Å². The third kappa shape index (κ3) is 7.89. The van der Waals surface area contributed by atoms with Crippen LogP contribution < -0.4 is 16.0 Å². The highest BCUT2D eigenvalue weighted by Gasteiger charge is 2.66. The van der Waals surface area contributed by atoms with E-state index in [1.165, 1.54) is 0 Å². The minimum atomic E-state index is -1.55. The summed E-state index contributed by atoms with van der Waals surface area (Å²) in [5.74, 6) is -6.77. The van der Waals surface area contributed by atoms with Crippen LogP contribution in [-0.4, -0.2) is 80.5 Å². The first-order valence-corrected chi connectivity index (χ1v) is 21.5. The van der Waals surface area contributed by atoms with E-state index < -0.39 is 133 Å². The lowest BCUT2D eigenvalue weighted by Crippen LogP contribution is -2.76. The third-order valence-corrected chi connectivity index (χ3v) is 18.1. The molecule has 0 saturated carbocycles. The monoisotopic (exact) mass is 820 g/mol. The quantitative estimate of drug-likeness (QED) is 0.124. The molecule has 0 radical (unpaired) electrons. The Hall–Kier alpha value is -2.24. The zero-order valence-electron chi connectivity index (χ0n) is 41.1. The van der Waals surface area contributed by atoms with Crippen LogP contribution in [0.3, 0.4) is 0 Å². The van der Waals surface area contributed by atoms with Crippen LogP contribution in [0.1, 0.15) is 179 Å². The molecule has 58 heavy (non-hydrogen) atoms. The van der Waals surface area contributed by atoms with Crippen molar-refractivity contribution in [2.45, 2.75) is 231 Å². The van der Waals surface area contributed by atoms with Gasteiger partial charge in [-0.2, -0.15) is 0 Å². The second kappa shape index (κ2) is 14.4. The standard InChI is InChI=1S/C47H85N3O8/c1-36(2)33(37(3,4)43(15,16)48-42(36,13)14)56-30(53)26-28(32(55)58-35-40(9,10)46(21,22)50-47(23,24)41(35,11)12)27(25-29(51)52)31(54)57-34-38(5,6)44(17,18)49-45(19,20)39(34,7)8/h27-28,33-35,48-50H,25-26H2,1-24H3,(H,51,52). The normalized spacial score (nSPS) is 29.2. The minimum Gasteiger partial charge on any atom is -0.481 e. The average Bonchev–Trinajstić information content (AvgIpc) is 2.98. The van der Waals surface area contributed by atoms with Gasteiger partial charge >= 0.3 is 23.9 Å². The molecule has 0 aliphatic carbocycles. The Labute approximate surface area is 352 Å². The summed E-state index contributed by atoms with van der Waals surface area (Å²) >= 11 is 0. The van der Waals surface area contributed by atoms with Gasteiger partial charge in [0.1, 0.15) is 18.3 Å². The van der Waals surface area contributed by atoms with Gasteiger partial charge in [0.2, 0.25) is 0 Å². The minimum absolute atomic E-state index is 0.466. The fourth-order valence-electron chi connectivity index (χ4n) is 10.6. The summed E-state index contributed by atoms with van der Waals surface area (Å²) in [7, 11) is 0. The number of hydrogen-bond acceptors (Lipinski definition) is 10. The Morgan fingerprint density at radius 1 is 0.397 bits per heavy atom. The maximum atomic E-state index is 15.1. The number of carboxylic acids is 1. The number of esters is 3. The zero-order chi connectivity index (χ0) is 45.9. The van der Waals surface area contributed by atoms with Crippen molar-refractivity contribution < 1.29 is 38.5 Å². The van der Waals surface area contributed by atoms with E-state index in [0.717, 1.165) is 0 Å². The number of aliphatic carboxylic acids is 1. The summed E-state index contributed by atoms with van der Waals surface area (Å²) in [6.07, 6.45) is -3.35. The van der Waals surface area contributed by atoms with Gasteiger partial charge in [-0.15, -0.1) is 0 Å². The van der Waals surface area contributed by atoms with Gasteiger partial charge in [-0.1, -0.05) is 83.1 Å². The lowest BCUT2D eigenvalue weighted by atomic mass is 9.53. The number of hydrogen-bond donors (Lipinski definition) is 4. The maximum Gasteiger partial charge on any atom is 0.310 e. The number of piperidine rings is 3. The van der Waals surface area contributed by atoms with E-state index in [9.17, 15) is 19.5 Å². The van der Waals surface area contributed by atoms with Crippen molar-refractivity contribution in [1.29, 1.82) is 0 Å². The molecule has 4 N–H and O–H groups in total. The van der Waals surface area contributed by atoms with E-state index in [1.54, 1.807) is 0 Å². The number of carboxylic acid groups (broad SMARTS) is 1. The fraction of sp³-hybridized carbons (Fsp3) is 0.915. The van der Waals surface area contributed by atoms with Gasteiger partial charge in [-0.25, -0.2) is 0 Å². The number of rotatable bonds is 10. The Bertz CT molecular complexity index is 1550. The lowest BCUT2D eigenvalue weighted by Gasteiger charge is -2.64. The van der Waals surface area contributed by atoms with Crippen LogP contribution in [0.25, 0.3) is 0 Å². The van der Waals surface area contributed by atoms with Gasteiger partial charge in [-0.05, 0) is 83.1 Å². The molecular weight excluding hydrogens is 735 g/mol. The molecule has 2 unspecified atom stereocenters. The van der Waals surface area contributed by atoms with Crippen LogP contribution in [0.2, 0.25) is 0 Å².